The molecular formula is C26H21FN4O2S. The molecule has 5 rings (SSSR count). The summed E-state index contributed by atoms with van der Waals surface area (Å²) in [7, 11) is 0. The van der Waals surface area contributed by atoms with Gasteiger partial charge in [0.15, 0.2) is 0 Å². The maximum atomic E-state index is 13.5. The molecule has 0 aliphatic carbocycles. The molecule has 0 atom stereocenters. The summed E-state index contributed by atoms with van der Waals surface area (Å²) in [5, 5.41) is 7.61. The number of benzene rings is 3. The molecule has 1 N–H and O–H groups in total. The number of rotatable bonds is 6. The summed E-state index contributed by atoms with van der Waals surface area (Å²) in [6, 6.07) is 23.3. The van der Waals surface area contributed by atoms with Crippen LogP contribution in [0.15, 0.2) is 90.0 Å². The summed E-state index contributed by atoms with van der Waals surface area (Å²) in [6.45, 7) is 0.159. The number of para-hydroxylation sites is 2. The molecule has 0 unspecified atom stereocenters. The van der Waals surface area contributed by atoms with Crippen molar-refractivity contribution in [2.45, 2.75) is 11.4 Å². The van der Waals surface area contributed by atoms with Crippen LogP contribution in [0.3, 0.4) is 0 Å². The number of anilines is 1. The van der Waals surface area contributed by atoms with Gasteiger partial charge < -0.3 is 10.2 Å². The van der Waals surface area contributed by atoms with Crippen LogP contribution in [0.5, 0.6) is 0 Å². The Kier molecular flexibility index (Phi) is 6.14. The third kappa shape index (κ3) is 4.58. The largest absolute Gasteiger partial charge is 0.350 e. The molecule has 0 bridgehead atoms. The molecule has 2 amide bonds. The van der Waals surface area contributed by atoms with Crippen molar-refractivity contribution in [1.29, 1.82) is 0 Å². The Balaban J connectivity index is 1.36. The van der Waals surface area contributed by atoms with E-state index in [2.05, 4.69) is 5.32 Å². The van der Waals surface area contributed by atoms with Crippen LogP contribution in [0.25, 0.3) is 16.9 Å². The number of hydrogen-bond acceptors (Lipinski definition) is 4. The monoisotopic (exact) mass is 472 g/mol. The molecule has 2 heterocycles. The fourth-order valence-corrected chi connectivity index (χ4v) is 4.76. The first-order chi connectivity index (χ1) is 16.6. The van der Waals surface area contributed by atoms with E-state index < -0.39 is 0 Å². The van der Waals surface area contributed by atoms with Gasteiger partial charge in [-0.3, -0.25) is 9.59 Å². The van der Waals surface area contributed by atoms with Crippen molar-refractivity contribution in [2.24, 2.45) is 0 Å². The van der Waals surface area contributed by atoms with E-state index in [9.17, 15) is 14.0 Å². The van der Waals surface area contributed by atoms with E-state index in [1.54, 1.807) is 16.8 Å². The molecule has 0 saturated carbocycles. The van der Waals surface area contributed by atoms with Crippen molar-refractivity contribution in [2.75, 3.05) is 17.2 Å². The van der Waals surface area contributed by atoms with Crippen LogP contribution in [0, 0.1) is 5.82 Å². The summed E-state index contributed by atoms with van der Waals surface area (Å²) in [4.78, 5) is 27.8. The predicted molar refractivity (Wildman–Crippen MR) is 130 cm³/mol. The first-order valence-electron chi connectivity index (χ1n) is 10.8. The molecule has 1 aliphatic rings. The lowest BCUT2D eigenvalue weighted by Crippen LogP contribution is -2.43. The van der Waals surface area contributed by atoms with Gasteiger partial charge in [-0.15, -0.1) is 11.8 Å². The number of halogens is 1. The minimum atomic E-state index is -0.328. The zero-order chi connectivity index (χ0) is 23.5. The minimum Gasteiger partial charge on any atom is -0.350 e. The lowest BCUT2D eigenvalue weighted by molar-refractivity contribution is -0.123. The maximum absolute atomic E-state index is 13.5. The van der Waals surface area contributed by atoms with Gasteiger partial charge in [-0.05, 0) is 48.5 Å². The molecule has 0 saturated heterocycles. The molecule has 1 aliphatic heterocycles. The highest BCUT2D eigenvalue weighted by atomic mass is 32.2. The van der Waals surface area contributed by atoms with Gasteiger partial charge in [0.2, 0.25) is 11.8 Å². The number of thioether (sulfide) groups is 1. The van der Waals surface area contributed by atoms with Crippen LogP contribution in [0.4, 0.5) is 10.1 Å². The number of carbonyl (C=O) groups is 2. The fourth-order valence-electron chi connectivity index (χ4n) is 3.82. The zero-order valence-electron chi connectivity index (χ0n) is 18.1. The minimum absolute atomic E-state index is 0.0604. The Morgan fingerprint density at radius 1 is 1.00 bits per heavy atom. The fraction of sp³-hybridized carbons (Fsp3) is 0.115. The zero-order valence-corrected chi connectivity index (χ0v) is 19.0. The molecule has 6 nitrogen and oxygen atoms in total. The van der Waals surface area contributed by atoms with Gasteiger partial charge in [0, 0.05) is 28.8 Å². The van der Waals surface area contributed by atoms with Gasteiger partial charge in [-0.2, -0.15) is 5.10 Å². The summed E-state index contributed by atoms with van der Waals surface area (Å²) in [5.74, 6) is -0.385. The van der Waals surface area contributed by atoms with Crippen LogP contribution in [-0.2, 0) is 16.1 Å². The smallest absolute Gasteiger partial charge is 0.240 e. The Bertz CT molecular complexity index is 1340. The second-order valence-electron chi connectivity index (χ2n) is 7.80. The van der Waals surface area contributed by atoms with Crippen LogP contribution in [-0.4, -0.2) is 33.9 Å². The van der Waals surface area contributed by atoms with Gasteiger partial charge in [0.1, 0.15) is 12.4 Å². The highest BCUT2D eigenvalue weighted by molar-refractivity contribution is 8.00. The SMILES string of the molecule is O=C(CN1C(=O)CSc2ccccc21)NCc1cn(-c2ccccc2)nc1-c1ccc(F)cc1. The average Bonchev–Trinajstić information content (AvgIpc) is 3.30. The number of carbonyl (C=O) groups excluding carboxylic acids is 2. The van der Waals surface area contributed by atoms with Gasteiger partial charge in [0.05, 0.1) is 22.8 Å². The van der Waals surface area contributed by atoms with E-state index in [-0.39, 0.29) is 30.7 Å². The van der Waals surface area contributed by atoms with Gasteiger partial charge in [-0.25, -0.2) is 9.07 Å². The van der Waals surface area contributed by atoms with Crippen molar-refractivity contribution in [1.82, 2.24) is 15.1 Å². The van der Waals surface area contributed by atoms with Gasteiger partial charge >= 0.3 is 0 Å². The Morgan fingerprint density at radius 2 is 1.74 bits per heavy atom. The van der Waals surface area contributed by atoms with Crippen LogP contribution >= 0.6 is 11.8 Å². The van der Waals surface area contributed by atoms with E-state index in [0.29, 0.717) is 11.4 Å². The van der Waals surface area contributed by atoms with E-state index >= 15 is 0 Å². The molecule has 0 spiro atoms. The third-order valence-electron chi connectivity index (χ3n) is 5.51. The van der Waals surface area contributed by atoms with Crippen LogP contribution < -0.4 is 10.2 Å². The maximum Gasteiger partial charge on any atom is 0.240 e. The molecule has 0 fully saturated rings. The number of nitrogens with one attached hydrogen (secondary N) is 1. The standard InChI is InChI=1S/C26H21FN4O2S/c27-20-12-10-18(11-13-20)26-19(15-31(29-26)21-6-2-1-3-7-21)14-28-24(32)16-30-22-8-4-5-9-23(22)34-17-25(30)33/h1-13,15H,14,16-17H2,(H,28,32). The predicted octanol–water partition coefficient (Wildman–Crippen LogP) is 4.43. The first-order valence-corrected chi connectivity index (χ1v) is 11.8. The van der Waals surface area contributed by atoms with E-state index in [1.165, 1.54) is 28.8 Å². The molecule has 170 valence electrons. The van der Waals surface area contributed by atoms with E-state index in [0.717, 1.165) is 27.4 Å². The number of hydrogen-bond donors (Lipinski definition) is 1. The topological polar surface area (TPSA) is 67.2 Å². The van der Waals surface area contributed by atoms with Crippen molar-refractivity contribution < 1.29 is 14.0 Å². The summed E-state index contributed by atoms with van der Waals surface area (Å²) < 4.78 is 15.2. The number of amides is 2. The van der Waals surface area contributed by atoms with Gasteiger partial charge in [-0.1, -0.05) is 30.3 Å². The van der Waals surface area contributed by atoms with Gasteiger partial charge in [0.25, 0.3) is 0 Å². The Hall–Kier alpha value is -3.91. The average molecular weight is 473 g/mol. The highest BCUT2D eigenvalue weighted by Crippen LogP contribution is 2.34. The third-order valence-corrected chi connectivity index (χ3v) is 6.56. The molecule has 8 heteroatoms. The van der Waals surface area contributed by atoms with Crippen molar-refractivity contribution in [3.8, 4) is 16.9 Å². The molecule has 3 aromatic carbocycles. The molecule has 4 aromatic rings. The second kappa shape index (κ2) is 9.52. The lowest BCUT2D eigenvalue weighted by Gasteiger charge is -2.28. The number of fused-ring (bicyclic) bond motifs is 1. The molecule has 1 aromatic heterocycles. The highest BCUT2D eigenvalue weighted by Gasteiger charge is 2.26. The van der Waals surface area contributed by atoms with E-state index in [4.69, 9.17) is 5.10 Å². The summed E-state index contributed by atoms with van der Waals surface area (Å²) >= 11 is 1.48. The molecular weight excluding hydrogens is 451 g/mol. The lowest BCUT2D eigenvalue weighted by atomic mass is 10.1. The van der Waals surface area contributed by atoms with Crippen LogP contribution in [0.2, 0.25) is 0 Å². The molecule has 0 radical (unpaired) electrons. The Labute approximate surface area is 200 Å². The summed E-state index contributed by atoms with van der Waals surface area (Å²) in [5.41, 5.74) is 3.81. The summed E-state index contributed by atoms with van der Waals surface area (Å²) in [6.07, 6.45) is 1.85. The van der Waals surface area contributed by atoms with Crippen LogP contribution in [0.1, 0.15) is 5.56 Å². The number of nitrogens with zero attached hydrogens (tertiary/aromatic N) is 3. The molecule has 34 heavy (non-hydrogen) atoms. The normalized spacial score (nSPS) is 13.0. The van der Waals surface area contributed by atoms with Crippen molar-refractivity contribution in [3.63, 3.8) is 0 Å². The van der Waals surface area contributed by atoms with E-state index in [1.807, 2.05) is 60.8 Å². The van der Waals surface area contributed by atoms with Crippen molar-refractivity contribution in [3.05, 3.63) is 96.4 Å². The van der Waals surface area contributed by atoms with Crippen molar-refractivity contribution >= 4 is 29.3 Å². The number of aromatic nitrogens is 2. The quantitative estimate of drug-likeness (QED) is 0.451. The second-order valence-corrected chi connectivity index (χ2v) is 8.82. The Morgan fingerprint density at radius 3 is 2.53 bits per heavy atom. The first kappa shape index (κ1) is 21.9.